The maximum absolute atomic E-state index is 13.5. The van der Waals surface area contributed by atoms with Crippen LogP contribution in [0.2, 0.25) is 0 Å². The topological polar surface area (TPSA) is 78.5 Å². The quantitative estimate of drug-likeness (QED) is 0.696. The number of rotatable bonds is 7. The van der Waals surface area contributed by atoms with Crippen LogP contribution in [0, 0.1) is 29.4 Å². The van der Waals surface area contributed by atoms with Crippen molar-refractivity contribution in [1.29, 1.82) is 0 Å². The molecule has 162 valence electrons. The second kappa shape index (κ2) is 8.65. The standard InChI is InChI=1S/C20H29F2N3O3S/c1-12(2)6-19(23-3)20(26)24-18-5-4-13-10-25(11-17(13)18)29(27,28)16-8-14(21)7-15(22)9-16/h7-9,12-13,17-19,23H,4-6,10-11H2,1-3H3,(H,24,26)/t13-,17?,18?,19-/m0/s1. The van der Waals surface area contributed by atoms with Gasteiger partial charge in [-0.3, -0.25) is 4.79 Å². The van der Waals surface area contributed by atoms with Crippen LogP contribution < -0.4 is 10.6 Å². The fraction of sp³-hybridized carbons (Fsp3) is 0.650. The first kappa shape index (κ1) is 22.1. The monoisotopic (exact) mass is 429 g/mol. The lowest BCUT2D eigenvalue weighted by Gasteiger charge is -2.25. The van der Waals surface area contributed by atoms with E-state index in [9.17, 15) is 22.0 Å². The smallest absolute Gasteiger partial charge is 0.243 e. The highest BCUT2D eigenvalue weighted by molar-refractivity contribution is 7.89. The first-order valence-electron chi connectivity index (χ1n) is 10.1. The van der Waals surface area contributed by atoms with E-state index in [0.717, 1.165) is 31.4 Å². The Bertz CT molecular complexity index is 842. The van der Waals surface area contributed by atoms with Crippen LogP contribution in [-0.4, -0.2) is 50.9 Å². The summed E-state index contributed by atoms with van der Waals surface area (Å²) in [6.45, 7) is 4.65. The number of nitrogens with one attached hydrogen (secondary N) is 2. The van der Waals surface area contributed by atoms with Crippen molar-refractivity contribution < 1.29 is 22.0 Å². The zero-order valence-corrected chi connectivity index (χ0v) is 17.8. The number of amides is 1. The number of sulfonamides is 1. The van der Waals surface area contributed by atoms with Gasteiger partial charge in [0.05, 0.1) is 10.9 Å². The molecule has 4 atom stereocenters. The van der Waals surface area contributed by atoms with Crippen molar-refractivity contribution in [2.45, 2.75) is 50.1 Å². The lowest BCUT2D eigenvalue weighted by molar-refractivity contribution is -0.124. The molecule has 1 amide bonds. The Hall–Kier alpha value is -1.58. The highest BCUT2D eigenvalue weighted by atomic mass is 32.2. The van der Waals surface area contributed by atoms with Gasteiger partial charge in [0.15, 0.2) is 0 Å². The minimum Gasteiger partial charge on any atom is -0.352 e. The highest BCUT2D eigenvalue weighted by Gasteiger charge is 2.47. The molecule has 0 bridgehead atoms. The molecule has 6 nitrogen and oxygen atoms in total. The van der Waals surface area contributed by atoms with Crippen LogP contribution in [0.1, 0.15) is 33.1 Å². The van der Waals surface area contributed by atoms with Gasteiger partial charge in [0, 0.05) is 25.2 Å². The molecule has 29 heavy (non-hydrogen) atoms. The third-order valence-electron chi connectivity index (χ3n) is 6.00. The lowest BCUT2D eigenvalue weighted by atomic mass is 9.97. The predicted octanol–water partition coefficient (Wildman–Crippen LogP) is 2.11. The van der Waals surface area contributed by atoms with Crippen LogP contribution >= 0.6 is 0 Å². The number of nitrogens with zero attached hydrogens (tertiary/aromatic N) is 1. The van der Waals surface area contributed by atoms with Crippen molar-refractivity contribution in [2.24, 2.45) is 17.8 Å². The minimum absolute atomic E-state index is 0.00341. The van der Waals surface area contributed by atoms with Crippen molar-refractivity contribution in [2.75, 3.05) is 20.1 Å². The Kier molecular flexibility index (Phi) is 6.60. The van der Waals surface area contributed by atoms with Crippen molar-refractivity contribution in [1.82, 2.24) is 14.9 Å². The van der Waals surface area contributed by atoms with Crippen molar-refractivity contribution >= 4 is 15.9 Å². The van der Waals surface area contributed by atoms with Crippen LogP contribution in [0.4, 0.5) is 8.78 Å². The summed E-state index contributed by atoms with van der Waals surface area (Å²) >= 11 is 0. The van der Waals surface area contributed by atoms with E-state index in [0.29, 0.717) is 18.5 Å². The van der Waals surface area contributed by atoms with E-state index < -0.39 is 21.7 Å². The molecule has 1 aromatic carbocycles. The second-order valence-electron chi connectivity index (χ2n) is 8.51. The highest BCUT2D eigenvalue weighted by Crippen LogP contribution is 2.40. The molecular weight excluding hydrogens is 400 g/mol. The van der Waals surface area contributed by atoms with Gasteiger partial charge in [0.25, 0.3) is 0 Å². The summed E-state index contributed by atoms with van der Waals surface area (Å²) in [5.41, 5.74) is 0. The van der Waals surface area contributed by atoms with Crippen LogP contribution in [-0.2, 0) is 14.8 Å². The Morgan fingerprint density at radius 3 is 2.41 bits per heavy atom. The van der Waals surface area contributed by atoms with Crippen LogP contribution in [0.25, 0.3) is 0 Å². The average molecular weight is 430 g/mol. The molecular formula is C20H29F2N3O3S. The zero-order chi connectivity index (χ0) is 21.3. The van der Waals surface area contributed by atoms with Crippen molar-refractivity contribution in [3.05, 3.63) is 29.8 Å². The average Bonchev–Trinajstić information content (AvgIpc) is 3.21. The second-order valence-corrected chi connectivity index (χ2v) is 10.5. The molecule has 2 unspecified atom stereocenters. The Morgan fingerprint density at radius 1 is 1.17 bits per heavy atom. The summed E-state index contributed by atoms with van der Waals surface area (Å²) in [7, 11) is -2.23. The number of benzene rings is 1. The van der Waals surface area contributed by atoms with Gasteiger partial charge in [-0.25, -0.2) is 17.2 Å². The van der Waals surface area contributed by atoms with Gasteiger partial charge in [-0.05, 0) is 56.2 Å². The number of hydrogen-bond acceptors (Lipinski definition) is 4. The number of halogens is 2. The van der Waals surface area contributed by atoms with Crippen molar-refractivity contribution in [3.63, 3.8) is 0 Å². The van der Waals surface area contributed by atoms with E-state index in [2.05, 4.69) is 24.5 Å². The van der Waals surface area contributed by atoms with E-state index >= 15 is 0 Å². The summed E-state index contributed by atoms with van der Waals surface area (Å²) in [4.78, 5) is 12.3. The molecule has 0 spiro atoms. The van der Waals surface area contributed by atoms with Gasteiger partial charge in [0.2, 0.25) is 15.9 Å². The molecule has 2 aliphatic rings. The molecule has 2 fully saturated rings. The molecule has 0 radical (unpaired) electrons. The molecule has 1 aliphatic carbocycles. The molecule has 1 aliphatic heterocycles. The zero-order valence-electron chi connectivity index (χ0n) is 17.0. The summed E-state index contributed by atoms with van der Waals surface area (Å²) < 4.78 is 54.0. The van der Waals surface area contributed by atoms with Gasteiger partial charge in [-0.2, -0.15) is 4.31 Å². The van der Waals surface area contributed by atoms with Gasteiger partial charge < -0.3 is 10.6 Å². The summed E-state index contributed by atoms with van der Waals surface area (Å²) in [6, 6.07) is 1.95. The van der Waals surface area contributed by atoms with E-state index in [-0.39, 0.29) is 41.3 Å². The van der Waals surface area contributed by atoms with Gasteiger partial charge in [0.1, 0.15) is 11.6 Å². The molecule has 1 saturated carbocycles. The van der Waals surface area contributed by atoms with Crippen LogP contribution in [0.15, 0.2) is 23.1 Å². The summed E-state index contributed by atoms with van der Waals surface area (Å²) in [5.74, 6) is -1.41. The number of carbonyl (C=O) groups is 1. The van der Waals surface area contributed by atoms with Crippen molar-refractivity contribution in [3.8, 4) is 0 Å². The Balaban J connectivity index is 1.70. The minimum atomic E-state index is -3.99. The third-order valence-corrected chi connectivity index (χ3v) is 7.81. The van der Waals surface area contributed by atoms with Gasteiger partial charge in [-0.15, -0.1) is 0 Å². The Morgan fingerprint density at radius 2 is 1.83 bits per heavy atom. The molecule has 3 rings (SSSR count). The summed E-state index contributed by atoms with van der Waals surface area (Å²) in [5, 5.41) is 6.14. The first-order valence-corrected chi connectivity index (χ1v) is 11.5. The first-order chi connectivity index (χ1) is 13.6. The Labute approximate surface area is 171 Å². The van der Waals surface area contributed by atoms with Crippen LogP contribution in [0.3, 0.4) is 0 Å². The number of fused-ring (bicyclic) bond motifs is 1. The maximum Gasteiger partial charge on any atom is 0.243 e. The van der Waals surface area contributed by atoms with E-state index in [1.165, 1.54) is 4.31 Å². The SMILES string of the molecule is CN[C@@H](CC(C)C)C(=O)NC1CC[C@H]2CN(S(=O)(=O)c3cc(F)cc(F)c3)CC12. The molecule has 2 N–H and O–H groups in total. The lowest BCUT2D eigenvalue weighted by Crippen LogP contribution is -2.49. The molecule has 1 saturated heterocycles. The van der Waals surface area contributed by atoms with E-state index in [4.69, 9.17) is 0 Å². The largest absolute Gasteiger partial charge is 0.352 e. The van der Waals surface area contributed by atoms with Gasteiger partial charge >= 0.3 is 0 Å². The van der Waals surface area contributed by atoms with Crippen LogP contribution in [0.5, 0.6) is 0 Å². The number of carbonyl (C=O) groups excluding carboxylic acids is 1. The fourth-order valence-corrected chi connectivity index (χ4v) is 6.11. The maximum atomic E-state index is 13.5. The van der Waals surface area contributed by atoms with E-state index in [1.807, 2.05) is 0 Å². The molecule has 0 aromatic heterocycles. The van der Waals surface area contributed by atoms with E-state index in [1.54, 1.807) is 7.05 Å². The number of likely N-dealkylation sites (N-methyl/N-ethyl adjacent to an activating group) is 1. The molecule has 9 heteroatoms. The molecule has 1 heterocycles. The normalized spacial score (nSPS) is 25.9. The fourth-order valence-electron chi connectivity index (χ4n) is 4.54. The molecule has 1 aromatic rings. The summed E-state index contributed by atoms with van der Waals surface area (Å²) in [6.07, 6.45) is 2.34. The predicted molar refractivity (Wildman–Crippen MR) is 106 cm³/mol. The third kappa shape index (κ3) is 4.78. The van der Waals surface area contributed by atoms with Gasteiger partial charge in [-0.1, -0.05) is 13.8 Å². The number of hydrogen-bond donors (Lipinski definition) is 2.